The summed E-state index contributed by atoms with van der Waals surface area (Å²) in [5.74, 6) is 0. The molecule has 5 heteroatoms. The number of amides is 2. The molecule has 0 spiro atoms. The van der Waals surface area contributed by atoms with Gasteiger partial charge in [-0.3, -0.25) is 0 Å². The van der Waals surface area contributed by atoms with Crippen LogP contribution < -0.4 is 10.6 Å². The number of hydrogen-bond acceptors (Lipinski definition) is 3. The third-order valence-electron chi connectivity index (χ3n) is 2.90. The average Bonchev–Trinajstić information content (AvgIpc) is 2.89. The minimum atomic E-state index is -0.298. The molecule has 3 rings (SSSR count). The van der Waals surface area contributed by atoms with Crippen LogP contribution in [0.25, 0.3) is 11.1 Å². The maximum Gasteiger partial charge on any atom is 0.323 e. The van der Waals surface area contributed by atoms with Gasteiger partial charge in [-0.05, 0) is 31.2 Å². The molecule has 20 heavy (non-hydrogen) atoms. The van der Waals surface area contributed by atoms with Crippen LogP contribution in [-0.2, 0) is 0 Å². The van der Waals surface area contributed by atoms with Crippen LogP contribution in [-0.4, -0.2) is 11.0 Å². The maximum atomic E-state index is 11.9. The third kappa shape index (κ3) is 2.61. The first-order chi connectivity index (χ1) is 9.70. The standard InChI is InChI=1S/C15H13N3O2/c1-10-2-4-11(5-3-10)17-15(19)18-12-6-7-13-14(8-12)20-9-16-13/h2-9H,1H3,(H2,17,18,19). The summed E-state index contributed by atoms with van der Waals surface area (Å²) >= 11 is 0. The van der Waals surface area contributed by atoms with E-state index in [0.29, 0.717) is 11.3 Å². The lowest BCUT2D eigenvalue weighted by Gasteiger charge is -2.07. The Balaban J connectivity index is 1.70. The van der Waals surface area contributed by atoms with Gasteiger partial charge in [0.15, 0.2) is 12.0 Å². The summed E-state index contributed by atoms with van der Waals surface area (Å²) in [5.41, 5.74) is 3.94. The molecule has 1 aromatic heterocycles. The van der Waals surface area contributed by atoms with E-state index in [1.807, 2.05) is 31.2 Å². The van der Waals surface area contributed by atoms with Gasteiger partial charge < -0.3 is 15.1 Å². The lowest BCUT2D eigenvalue weighted by molar-refractivity contribution is 0.262. The zero-order valence-electron chi connectivity index (χ0n) is 10.9. The first-order valence-corrected chi connectivity index (χ1v) is 6.19. The SMILES string of the molecule is Cc1ccc(NC(=O)Nc2ccc3ncoc3c2)cc1. The third-order valence-corrected chi connectivity index (χ3v) is 2.90. The molecule has 0 saturated heterocycles. The number of nitrogens with zero attached hydrogens (tertiary/aromatic N) is 1. The van der Waals surface area contributed by atoms with Gasteiger partial charge in [-0.25, -0.2) is 9.78 Å². The molecule has 5 nitrogen and oxygen atoms in total. The highest BCUT2D eigenvalue weighted by atomic mass is 16.3. The number of oxazole rings is 1. The van der Waals surface area contributed by atoms with Gasteiger partial charge in [0, 0.05) is 17.4 Å². The summed E-state index contributed by atoms with van der Waals surface area (Å²) in [6.45, 7) is 2.00. The van der Waals surface area contributed by atoms with Crippen LogP contribution in [0.4, 0.5) is 16.2 Å². The van der Waals surface area contributed by atoms with E-state index in [1.165, 1.54) is 6.39 Å². The van der Waals surface area contributed by atoms with Crippen molar-refractivity contribution in [3.63, 3.8) is 0 Å². The van der Waals surface area contributed by atoms with E-state index < -0.39 is 0 Å². The number of carbonyl (C=O) groups is 1. The van der Waals surface area contributed by atoms with E-state index in [1.54, 1.807) is 18.2 Å². The number of urea groups is 1. The van der Waals surface area contributed by atoms with E-state index in [0.717, 1.165) is 16.8 Å². The van der Waals surface area contributed by atoms with Crippen molar-refractivity contribution in [1.29, 1.82) is 0 Å². The minimum Gasteiger partial charge on any atom is -0.443 e. The van der Waals surface area contributed by atoms with E-state index >= 15 is 0 Å². The van der Waals surface area contributed by atoms with Gasteiger partial charge in [-0.1, -0.05) is 17.7 Å². The smallest absolute Gasteiger partial charge is 0.323 e. The first kappa shape index (κ1) is 12.2. The Hall–Kier alpha value is -2.82. The number of rotatable bonds is 2. The van der Waals surface area contributed by atoms with E-state index in [-0.39, 0.29) is 6.03 Å². The summed E-state index contributed by atoms with van der Waals surface area (Å²) in [4.78, 5) is 15.9. The number of carbonyl (C=O) groups excluding carboxylic acids is 1. The second kappa shape index (κ2) is 5.05. The van der Waals surface area contributed by atoms with Crippen molar-refractivity contribution in [3.05, 3.63) is 54.4 Å². The molecule has 2 amide bonds. The molecule has 2 N–H and O–H groups in total. The highest BCUT2D eigenvalue weighted by Crippen LogP contribution is 2.18. The topological polar surface area (TPSA) is 67.2 Å². The van der Waals surface area contributed by atoms with Gasteiger partial charge in [-0.15, -0.1) is 0 Å². The van der Waals surface area contributed by atoms with Crippen molar-refractivity contribution in [3.8, 4) is 0 Å². The summed E-state index contributed by atoms with van der Waals surface area (Å²) in [6, 6.07) is 12.6. The van der Waals surface area contributed by atoms with Crippen molar-refractivity contribution in [2.75, 3.05) is 10.6 Å². The van der Waals surface area contributed by atoms with Gasteiger partial charge >= 0.3 is 6.03 Å². The van der Waals surface area contributed by atoms with Crippen LogP contribution in [0.15, 0.2) is 53.3 Å². The molecule has 0 radical (unpaired) electrons. The highest BCUT2D eigenvalue weighted by Gasteiger charge is 2.05. The van der Waals surface area contributed by atoms with Crippen molar-refractivity contribution in [2.45, 2.75) is 6.92 Å². The van der Waals surface area contributed by atoms with Crippen LogP contribution in [0.2, 0.25) is 0 Å². The van der Waals surface area contributed by atoms with Gasteiger partial charge in [-0.2, -0.15) is 0 Å². The van der Waals surface area contributed by atoms with E-state index in [2.05, 4.69) is 15.6 Å². The number of benzene rings is 2. The molecular formula is C15H13N3O2. The van der Waals surface area contributed by atoms with Gasteiger partial charge in [0.25, 0.3) is 0 Å². The minimum absolute atomic E-state index is 0.298. The fourth-order valence-electron chi connectivity index (χ4n) is 1.86. The zero-order valence-corrected chi connectivity index (χ0v) is 10.9. The van der Waals surface area contributed by atoms with Crippen molar-refractivity contribution >= 4 is 28.5 Å². The van der Waals surface area contributed by atoms with Crippen LogP contribution in [0.5, 0.6) is 0 Å². The molecule has 0 fully saturated rings. The lowest BCUT2D eigenvalue weighted by atomic mass is 10.2. The summed E-state index contributed by atoms with van der Waals surface area (Å²) in [6.07, 6.45) is 1.38. The molecule has 0 aliphatic carbocycles. The van der Waals surface area contributed by atoms with E-state index in [9.17, 15) is 4.79 Å². The molecule has 0 unspecified atom stereocenters. The molecule has 3 aromatic rings. The fraction of sp³-hybridized carbons (Fsp3) is 0.0667. The van der Waals surface area contributed by atoms with Gasteiger partial charge in [0.05, 0.1) is 0 Å². The fourth-order valence-corrected chi connectivity index (χ4v) is 1.86. The normalized spacial score (nSPS) is 10.4. The van der Waals surface area contributed by atoms with Crippen LogP contribution >= 0.6 is 0 Å². The molecule has 2 aromatic carbocycles. The molecular weight excluding hydrogens is 254 g/mol. The van der Waals surface area contributed by atoms with Crippen LogP contribution in [0.1, 0.15) is 5.56 Å². The first-order valence-electron chi connectivity index (χ1n) is 6.19. The Morgan fingerprint density at radius 2 is 1.75 bits per heavy atom. The summed E-state index contributed by atoms with van der Waals surface area (Å²) in [5, 5.41) is 5.51. The molecule has 0 saturated carbocycles. The Labute approximate surface area is 115 Å². The highest BCUT2D eigenvalue weighted by molar-refractivity contribution is 6.00. The number of nitrogens with one attached hydrogen (secondary N) is 2. The summed E-state index contributed by atoms with van der Waals surface area (Å²) < 4.78 is 5.19. The molecule has 0 bridgehead atoms. The average molecular weight is 267 g/mol. The zero-order chi connectivity index (χ0) is 13.9. The Morgan fingerprint density at radius 1 is 1.05 bits per heavy atom. The Morgan fingerprint density at radius 3 is 2.55 bits per heavy atom. The molecule has 0 aliphatic rings. The molecule has 1 heterocycles. The van der Waals surface area contributed by atoms with Gasteiger partial charge in [0.2, 0.25) is 0 Å². The molecule has 100 valence electrons. The summed E-state index contributed by atoms with van der Waals surface area (Å²) in [7, 11) is 0. The maximum absolute atomic E-state index is 11.9. The predicted octanol–water partition coefficient (Wildman–Crippen LogP) is 3.78. The second-order valence-electron chi connectivity index (χ2n) is 4.48. The van der Waals surface area contributed by atoms with Gasteiger partial charge in [0.1, 0.15) is 5.52 Å². The van der Waals surface area contributed by atoms with Crippen molar-refractivity contribution < 1.29 is 9.21 Å². The number of anilines is 2. The largest absolute Gasteiger partial charge is 0.443 e. The van der Waals surface area contributed by atoms with Crippen LogP contribution in [0, 0.1) is 6.92 Å². The quantitative estimate of drug-likeness (QED) is 0.742. The predicted molar refractivity (Wildman–Crippen MR) is 77.8 cm³/mol. The van der Waals surface area contributed by atoms with E-state index in [4.69, 9.17) is 4.42 Å². The second-order valence-corrected chi connectivity index (χ2v) is 4.48. The van der Waals surface area contributed by atoms with Crippen molar-refractivity contribution in [1.82, 2.24) is 4.98 Å². The Bertz CT molecular complexity index is 747. The van der Waals surface area contributed by atoms with Crippen molar-refractivity contribution in [2.24, 2.45) is 0 Å². The number of aryl methyl sites for hydroxylation is 1. The number of fused-ring (bicyclic) bond motifs is 1. The Kier molecular flexibility index (Phi) is 3.09. The lowest BCUT2D eigenvalue weighted by Crippen LogP contribution is -2.19. The molecule has 0 atom stereocenters. The number of aromatic nitrogens is 1. The molecule has 0 aliphatic heterocycles. The van der Waals surface area contributed by atoms with Crippen LogP contribution in [0.3, 0.4) is 0 Å². The number of hydrogen-bond donors (Lipinski definition) is 2. The monoisotopic (exact) mass is 267 g/mol.